The van der Waals surface area contributed by atoms with Gasteiger partial charge < -0.3 is 10.2 Å². The number of carboxylic acids is 1. The van der Waals surface area contributed by atoms with Gasteiger partial charge >= 0.3 is 5.97 Å². The third-order valence-electron chi connectivity index (χ3n) is 2.33. The fourth-order valence-electron chi connectivity index (χ4n) is 1.40. The third-order valence-corrected chi connectivity index (χ3v) is 2.33. The average Bonchev–Trinajstić information content (AvgIpc) is 2.19. The maximum atomic E-state index is 13.3. The predicted molar refractivity (Wildman–Crippen MR) is 52.8 cm³/mol. The van der Waals surface area contributed by atoms with Crippen LogP contribution >= 0.6 is 0 Å². The monoisotopic (exact) mass is 230 g/mol. The zero-order valence-corrected chi connectivity index (χ0v) is 8.70. The van der Waals surface area contributed by atoms with E-state index in [4.69, 9.17) is 5.11 Å². The lowest BCUT2D eigenvalue weighted by atomic mass is 9.90. The van der Waals surface area contributed by atoms with Crippen LogP contribution in [0.5, 0.6) is 0 Å². The van der Waals surface area contributed by atoms with Crippen LogP contribution in [0.1, 0.15) is 25.3 Å². The van der Waals surface area contributed by atoms with Crippen LogP contribution in [0.4, 0.5) is 8.78 Å². The van der Waals surface area contributed by atoms with E-state index < -0.39 is 23.2 Å². The average molecular weight is 230 g/mol. The number of hydrogen-bond donors (Lipinski definition) is 2. The first-order valence-electron chi connectivity index (χ1n) is 4.72. The van der Waals surface area contributed by atoms with E-state index in [1.165, 1.54) is 6.92 Å². The number of aliphatic carboxylic acids is 1. The van der Waals surface area contributed by atoms with Crippen LogP contribution in [0.25, 0.3) is 0 Å². The van der Waals surface area contributed by atoms with E-state index in [0.29, 0.717) is 0 Å². The minimum absolute atomic E-state index is 0.178. The molecule has 3 nitrogen and oxygen atoms in total. The predicted octanol–water partition coefficient (Wildman–Crippen LogP) is 2.04. The Morgan fingerprint density at radius 2 is 2.06 bits per heavy atom. The van der Waals surface area contributed by atoms with Gasteiger partial charge in [0.2, 0.25) is 0 Å². The summed E-state index contributed by atoms with van der Waals surface area (Å²) in [5.41, 5.74) is -1.92. The van der Waals surface area contributed by atoms with Gasteiger partial charge in [0, 0.05) is 12.0 Å². The second kappa shape index (κ2) is 4.57. The van der Waals surface area contributed by atoms with Crippen molar-refractivity contribution in [2.45, 2.75) is 25.4 Å². The Balaban J connectivity index is 2.96. The molecule has 5 heteroatoms. The first-order valence-corrected chi connectivity index (χ1v) is 4.72. The van der Waals surface area contributed by atoms with Crippen LogP contribution in [-0.4, -0.2) is 16.2 Å². The quantitative estimate of drug-likeness (QED) is 0.832. The molecular weight excluding hydrogens is 218 g/mol. The van der Waals surface area contributed by atoms with Crippen LogP contribution < -0.4 is 0 Å². The molecule has 16 heavy (non-hydrogen) atoms. The molecule has 0 aliphatic heterocycles. The SMILES string of the molecule is CC(O)(CCC(=O)O)c1cc(F)ccc1F. The third kappa shape index (κ3) is 3.00. The first-order chi connectivity index (χ1) is 7.33. The first kappa shape index (κ1) is 12.6. The van der Waals surface area contributed by atoms with E-state index >= 15 is 0 Å². The van der Waals surface area contributed by atoms with Gasteiger partial charge in [-0.1, -0.05) is 0 Å². The molecule has 0 fully saturated rings. The molecule has 0 radical (unpaired) electrons. The zero-order valence-electron chi connectivity index (χ0n) is 8.70. The summed E-state index contributed by atoms with van der Waals surface area (Å²) in [5.74, 6) is -2.53. The van der Waals surface area contributed by atoms with E-state index in [-0.39, 0.29) is 18.4 Å². The van der Waals surface area contributed by atoms with Gasteiger partial charge in [0.1, 0.15) is 11.6 Å². The van der Waals surface area contributed by atoms with Crippen molar-refractivity contribution in [1.82, 2.24) is 0 Å². The Hall–Kier alpha value is -1.49. The van der Waals surface area contributed by atoms with Crippen LogP contribution in [0, 0.1) is 11.6 Å². The molecule has 0 saturated heterocycles. The van der Waals surface area contributed by atoms with E-state index in [9.17, 15) is 18.7 Å². The molecule has 1 aromatic rings. The normalized spacial score (nSPS) is 14.5. The van der Waals surface area contributed by atoms with Gasteiger partial charge in [-0.2, -0.15) is 0 Å². The highest BCUT2D eigenvalue weighted by Gasteiger charge is 2.27. The summed E-state index contributed by atoms with van der Waals surface area (Å²) in [6.45, 7) is 1.26. The number of halogens is 2. The van der Waals surface area contributed by atoms with Crippen molar-refractivity contribution in [3.8, 4) is 0 Å². The van der Waals surface area contributed by atoms with Crippen molar-refractivity contribution in [3.63, 3.8) is 0 Å². The van der Waals surface area contributed by atoms with Crippen molar-refractivity contribution >= 4 is 5.97 Å². The highest BCUT2D eigenvalue weighted by Crippen LogP contribution is 2.28. The van der Waals surface area contributed by atoms with Crippen LogP contribution in [0.15, 0.2) is 18.2 Å². The van der Waals surface area contributed by atoms with Gasteiger partial charge in [-0.25, -0.2) is 8.78 Å². The zero-order chi connectivity index (χ0) is 12.3. The number of aliphatic hydroxyl groups is 1. The summed E-state index contributed by atoms with van der Waals surface area (Å²) in [5, 5.41) is 18.3. The highest BCUT2D eigenvalue weighted by atomic mass is 19.1. The summed E-state index contributed by atoms with van der Waals surface area (Å²) in [6.07, 6.45) is -0.494. The second-order valence-corrected chi connectivity index (χ2v) is 3.79. The fraction of sp³-hybridized carbons (Fsp3) is 0.364. The Labute approximate surface area is 91.3 Å². The van der Waals surface area contributed by atoms with Gasteiger partial charge in [-0.3, -0.25) is 4.79 Å². The lowest BCUT2D eigenvalue weighted by Crippen LogP contribution is -2.24. The largest absolute Gasteiger partial charge is 0.481 e. The van der Waals surface area contributed by atoms with Crippen molar-refractivity contribution in [3.05, 3.63) is 35.4 Å². The Kier molecular flexibility index (Phi) is 3.59. The maximum Gasteiger partial charge on any atom is 0.303 e. The Morgan fingerprint density at radius 3 is 2.62 bits per heavy atom. The molecular formula is C11H12F2O3. The molecule has 0 spiro atoms. The van der Waals surface area contributed by atoms with E-state index in [2.05, 4.69) is 0 Å². The molecule has 0 aromatic heterocycles. The molecule has 0 bridgehead atoms. The topological polar surface area (TPSA) is 57.5 Å². The number of rotatable bonds is 4. The molecule has 1 aromatic carbocycles. The van der Waals surface area contributed by atoms with Crippen molar-refractivity contribution in [1.29, 1.82) is 0 Å². The minimum atomic E-state index is -1.69. The summed E-state index contributed by atoms with van der Waals surface area (Å²) < 4.78 is 26.2. The molecule has 0 aliphatic rings. The second-order valence-electron chi connectivity index (χ2n) is 3.79. The van der Waals surface area contributed by atoms with Crippen LogP contribution in [-0.2, 0) is 10.4 Å². The van der Waals surface area contributed by atoms with Gasteiger partial charge in [-0.15, -0.1) is 0 Å². The molecule has 0 amide bonds. The summed E-state index contributed by atoms with van der Waals surface area (Å²) in [7, 11) is 0. The molecule has 1 unspecified atom stereocenters. The maximum absolute atomic E-state index is 13.3. The van der Waals surface area contributed by atoms with Crippen molar-refractivity contribution < 1.29 is 23.8 Å². The lowest BCUT2D eigenvalue weighted by Gasteiger charge is -2.23. The standard InChI is InChI=1S/C11H12F2O3/c1-11(16,5-4-10(14)15)8-6-7(12)2-3-9(8)13/h2-3,6,16H,4-5H2,1H3,(H,14,15). The molecule has 0 aliphatic carbocycles. The van der Waals surface area contributed by atoms with Crippen molar-refractivity contribution in [2.75, 3.05) is 0 Å². The van der Waals surface area contributed by atoms with Gasteiger partial charge in [0.25, 0.3) is 0 Å². The Bertz CT molecular complexity index is 402. The molecule has 0 saturated carbocycles. The summed E-state index contributed by atoms with van der Waals surface area (Å²) >= 11 is 0. The number of hydrogen-bond acceptors (Lipinski definition) is 2. The number of benzene rings is 1. The van der Waals surface area contributed by atoms with Crippen molar-refractivity contribution in [2.24, 2.45) is 0 Å². The minimum Gasteiger partial charge on any atom is -0.481 e. The van der Waals surface area contributed by atoms with E-state index in [1.54, 1.807) is 0 Å². The highest BCUT2D eigenvalue weighted by molar-refractivity contribution is 5.66. The lowest BCUT2D eigenvalue weighted by molar-refractivity contribution is -0.138. The molecule has 1 atom stereocenters. The molecule has 88 valence electrons. The molecule has 1 rings (SSSR count). The van der Waals surface area contributed by atoms with E-state index in [0.717, 1.165) is 18.2 Å². The van der Waals surface area contributed by atoms with Gasteiger partial charge in [0.15, 0.2) is 0 Å². The summed E-state index contributed by atoms with van der Waals surface area (Å²) in [6, 6.07) is 2.71. The van der Waals surface area contributed by atoms with Crippen LogP contribution in [0.2, 0.25) is 0 Å². The van der Waals surface area contributed by atoms with Gasteiger partial charge in [0.05, 0.1) is 5.60 Å². The Morgan fingerprint density at radius 1 is 1.44 bits per heavy atom. The van der Waals surface area contributed by atoms with E-state index in [1.807, 2.05) is 0 Å². The van der Waals surface area contributed by atoms with Crippen LogP contribution in [0.3, 0.4) is 0 Å². The molecule has 2 N–H and O–H groups in total. The smallest absolute Gasteiger partial charge is 0.303 e. The summed E-state index contributed by atoms with van der Waals surface area (Å²) in [4.78, 5) is 10.4. The fourth-order valence-corrected chi connectivity index (χ4v) is 1.40. The van der Waals surface area contributed by atoms with Gasteiger partial charge in [-0.05, 0) is 31.5 Å². The number of carboxylic acid groups (broad SMARTS) is 1. The number of carbonyl (C=O) groups is 1. The molecule has 0 heterocycles.